The topological polar surface area (TPSA) is 44.8 Å². The van der Waals surface area contributed by atoms with Crippen molar-refractivity contribution in [3.05, 3.63) is 35.9 Å². The first-order valence-electron chi connectivity index (χ1n) is 9.54. The molecule has 1 N–H and O–H groups in total. The van der Waals surface area contributed by atoms with Gasteiger partial charge in [0.1, 0.15) is 0 Å². The Labute approximate surface area is 151 Å². The molecule has 2 aliphatic rings. The van der Waals surface area contributed by atoms with Crippen LogP contribution in [-0.2, 0) is 16.1 Å². The van der Waals surface area contributed by atoms with E-state index in [0.717, 1.165) is 45.7 Å². The SMILES string of the molecule is CN(CC(=O)NC1CCOCC1)C1CCCN(Cc2ccccc2)C1. The van der Waals surface area contributed by atoms with Crippen LogP contribution in [0.25, 0.3) is 0 Å². The van der Waals surface area contributed by atoms with E-state index >= 15 is 0 Å². The fourth-order valence-electron chi connectivity index (χ4n) is 3.85. The Morgan fingerprint density at radius 3 is 2.76 bits per heavy atom. The molecule has 2 aliphatic heterocycles. The van der Waals surface area contributed by atoms with E-state index in [-0.39, 0.29) is 11.9 Å². The molecule has 1 aromatic rings. The molecule has 2 saturated heterocycles. The zero-order valence-corrected chi connectivity index (χ0v) is 15.3. The lowest BCUT2D eigenvalue weighted by Crippen LogP contribution is -2.50. The fraction of sp³-hybridized carbons (Fsp3) is 0.650. The van der Waals surface area contributed by atoms with Crippen LogP contribution in [0.15, 0.2) is 30.3 Å². The van der Waals surface area contributed by atoms with Crippen molar-refractivity contribution in [3.63, 3.8) is 0 Å². The predicted octanol–water partition coefficient (Wildman–Crippen LogP) is 1.88. The van der Waals surface area contributed by atoms with Gasteiger partial charge in [-0.1, -0.05) is 30.3 Å². The molecule has 0 aromatic heterocycles. The van der Waals surface area contributed by atoms with Gasteiger partial charge in [-0.25, -0.2) is 0 Å². The molecule has 1 aromatic carbocycles. The maximum absolute atomic E-state index is 12.3. The highest BCUT2D eigenvalue weighted by atomic mass is 16.5. The summed E-state index contributed by atoms with van der Waals surface area (Å²) >= 11 is 0. The van der Waals surface area contributed by atoms with Crippen LogP contribution in [0, 0.1) is 0 Å². The lowest BCUT2D eigenvalue weighted by atomic mass is 10.0. The van der Waals surface area contributed by atoms with Crippen LogP contribution >= 0.6 is 0 Å². The molecule has 5 nitrogen and oxygen atoms in total. The number of carbonyl (C=O) groups excluding carboxylic acids is 1. The highest BCUT2D eigenvalue weighted by molar-refractivity contribution is 5.78. The van der Waals surface area contributed by atoms with Gasteiger partial charge in [0.2, 0.25) is 5.91 Å². The number of likely N-dealkylation sites (N-methyl/N-ethyl adjacent to an activating group) is 1. The number of hydrogen-bond donors (Lipinski definition) is 1. The Bertz CT molecular complexity index is 531. The second-order valence-corrected chi connectivity index (χ2v) is 7.39. The van der Waals surface area contributed by atoms with Crippen molar-refractivity contribution in [3.8, 4) is 0 Å². The Hall–Kier alpha value is -1.43. The van der Waals surface area contributed by atoms with Crippen LogP contribution in [0.3, 0.4) is 0 Å². The third-order valence-electron chi connectivity index (χ3n) is 5.33. The van der Waals surface area contributed by atoms with Crippen LogP contribution in [0.2, 0.25) is 0 Å². The van der Waals surface area contributed by atoms with Gasteiger partial charge in [-0.3, -0.25) is 14.6 Å². The van der Waals surface area contributed by atoms with E-state index in [2.05, 4.69) is 52.5 Å². The van der Waals surface area contributed by atoms with Gasteiger partial charge in [0, 0.05) is 38.4 Å². The average Bonchev–Trinajstić information content (AvgIpc) is 2.63. The summed E-state index contributed by atoms with van der Waals surface area (Å²) in [7, 11) is 2.08. The molecule has 0 spiro atoms. The van der Waals surface area contributed by atoms with Gasteiger partial charge in [-0.15, -0.1) is 0 Å². The van der Waals surface area contributed by atoms with Crippen molar-refractivity contribution in [2.24, 2.45) is 0 Å². The molecule has 0 bridgehead atoms. The van der Waals surface area contributed by atoms with Crippen molar-refractivity contribution in [2.45, 2.75) is 44.3 Å². The number of nitrogens with zero attached hydrogens (tertiary/aromatic N) is 2. The molecule has 25 heavy (non-hydrogen) atoms. The van der Waals surface area contributed by atoms with Gasteiger partial charge in [-0.05, 0) is 44.8 Å². The summed E-state index contributed by atoms with van der Waals surface area (Å²) in [4.78, 5) is 17.1. The normalized spacial score (nSPS) is 22.9. The molecule has 0 radical (unpaired) electrons. The third-order valence-corrected chi connectivity index (χ3v) is 5.33. The maximum atomic E-state index is 12.3. The lowest BCUT2D eigenvalue weighted by molar-refractivity contribution is -0.124. The van der Waals surface area contributed by atoms with E-state index in [0.29, 0.717) is 12.6 Å². The van der Waals surface area contributed by atoms with Crippen molar-refractivity contribution in [1.82, 2.24) is 15.1 Å². The standard InChI is InChI=1S/C20H31N3O2/c1-22(16-20(24)21-18-9-12-25-13-10-18)19-8-5-11-23(15-19)14-17-6-3-2-4-7-17/h2-4,6-7,18-19H,5,8-16H2,1H3,(H,21,24). The summed E-state index contributed by atoms with van der Waals surface area (Å²) in [6.45, 7) is 5.19. The number of piperidine rings is 1. The van der Waals surface area contributed by atoms with Crippen LogP contribution < -0.4 is 5.32 Å². The van der Waals surface area contributed by atoms with Crippen molar-refractivity contribution in [2.75, 3.05) is 39.9 Å². The molecular weight excluding hydrogens is 314 g/mol. The highest BCUT2D eigenvalue weighted by Crippen LogP contribution is 2.17. The summed E-state index contributed by atoms with van der Waals surface area (Å²) in [6.07, 6.45) is 4.24. The molecule has 1 unspecified atom stereocenters. The first-order valence-corrected chi connectivity index (χ1v) is 9.54. The molecule has 0 saturated carbocycles. The zero-order valence-electron chi connectivity index (χ0n) is 15.3. The first kappa shape index (κ1) is 18.4. The minimum atomic E-state index is 0.148. The highest BCUT2D eigenvalue weighted by Gasteiger charge is 2.25. The average molecular weight is 345 g/mol. The van der Waals surface area contributed by atoms with Crippen molar-refractivity contribution in [1.29, 1.82) is 0 Å². The summed E-state index contributed by atoms with van der Waals surface area (Å²) in [6, 6.07) is 11.4. The lowest BCUT2D eigenvalue weighted by Gasteiger charge is -2.37. The molecule has 5 heteroatoms. The molecular formula is C20H31N3O2. The number of hydrogen-bond acceptors (Lipinski definition) is 4. The quantitative estimate of drug-likeness (QED) is 0.855. The number of carbonyl (C=O) groups is 1. The molecule has 1 amide bonds. The second kappa shape index (κ2) is 9.32. The van der Waals surface area contributed by atoms with Crippen LogP contribution in [-0.4, -0.2) is 67.7 Å². The van der Waals surface area contributed by atoms with Crippen molar-refractivity contribution >= 4 is 5.91 Å². The number of rotatable bonds is 6. The Morgan fingerprint density at radius 2 is 2.00 bits per heavy atom. The summed E-state index contributed by atoms with van der Waals surface area (Å²) < 4.78 is 5.35. The van der Waals surface area contributed by atoms with Gasteiger partial charge in [0.05, 0.1) is 6.54 Å². The summed E-state index contributed by atoms with van der Waals surface area (Å²) in [5.74, 6) is 0.148. The van der Waals surface area contributed by atoms with Gasteiger partial charge in [0.15, 0.2) is 0 Å². The minimum absolute atomic E-state index is 0.148. The van der Waals surface area contributed by atoms with E-state index in [9.17, 15) is 4.79 Å². The smallest absolute Gasteiger partial charge is 0.234 e. The number of likely N-dealkylation sites (tertiary alicyclic amines) is 1. The molecule has 2 fully saturated rings. The number of nitrogens with one attached hydrogen (secondary N) is 1. The molecule has 138 valence electrons. The third kappa shape index (κ3) is 5.80. The summed E-state index contributed by atoms with van der Waals surface area (Å²) in [5, 5.41) is 3.17. The van der Waals surface area contributed by atoms with Gasteiger partial charge < -0.3 is 10.1 Å². The van der Waals surface area contributed by atoms with Gasteiger partial charge >= 0.3 is 0 Å². The van der Waals surface area contributed by atoms with Crippen LogP contribution in [0.4, 0.5) is 0 Å². The van der Waals surface area contributed by atoms with E-state index in [4.69, 9.17) is 4.74 Å². The Kier molecular flexibility index (Phi) is 6.84. The Morgan fingerprint density at radius 1 is 1.24 bits per heavy atom. The van der Waals surface area contributed by atoms with E-state index in [1.165, 1.54) is 18.4 Å². The second-order valence-electron chi connectivity index (χ2n) is 7.39. The molecule has 1 atom stereocenters. The zero-order chi connectivity index (χ0) is 17.5. The molecule has 3 rings (SSSR count). The van der Waals surface area contributed by atoms with Gasteiger partial charge in [-0.2, -0.15) is 0 Å². The minimum Gasteiger partial charge on any atom is -0.381 e. The number of amides is 1. The number of ether oxygens (including phenoxy) is 1. The fourth-order valence-corrected chi connectivity index (χ4v) is 3.85. The largest absolute Gasteiger partial charge is 0.381 e. The molecule has 2 heterocycles. The predicted molar refractivity (Wildman–Crippen MR) is 99.4 cm³/mol. The van der Waals surface area contributed by atoms with Crippen LogP contribution in [0.5, 0.6) is 0 Å². The van der Waals surface area contributed by atoms with E-state index in [1.54, 1.807) is 0 Å². The van der Waals surface area contributed by atoms with E-state index in [1.807, 2.05) is 0 Å². The number of benzene rings is 1. The van der Waals surface area contributed by atoms with E-state index < -0.39 is 0 Å². The van der Waals surface area contributed by atoms with Gasteiger partial charge in [0.25, 0.3) is 0 Å². The van der Waals surface area contributed by atoms with Crippen LogP contribution in [0.1, 0.15) is 31.2 Å². The maximum Gasteiger partial charge on any atom is 0.234 e. The first-order chi connectivity index (χ1) is 12.2. The summed E-state index contributed by atoms with van der Waals surface area (Å²) in [5.41, 5.74) is 1.36. The Balaban J connectivity index is 1.44. The monoisotopic (exact) mass is 345 g/mol. The van der Waals surface area contributed by atoms with Crippen molar-refractivity contribution < 1.29 is 9.53 Å². The molecule has 0 aliphatic carbocycles.